The summed E-state index contributed by atoms with van der Waals surface area (Å²) in [4.78, 5) is 29.5. The largest absolute Gasteiger partial charge is 0.486 e. The van der Waals surface area contributed by atoms with Gasteiger partial charge in [0.2, 0.25) is 11.8 Å². The number of ether oxygens (including phenoxy) is 2. The highest BCUT2D eigenvalue weighted by molar-refractivity contribution is 7.92. The van der Waals surface area contributed by atoms with Crippen LogP contribution in [0.15, 0.2) is 102 Å². The normalized spacial score (nSPS) is 13.7. The summed E-state index contributed by atoms with van der Waals surface area (Å²) in [5.74, 6) is -1.58. The summed E-state index contributed by atoms with van der Waals surface area (Å²) in [5, 5.41) is 2.96. The van der Waals surface area contributed by atoms with Gasteiger partial charge in [0, 0.05) is 25.1 Å². The van der Waals surface area contributed by atoms with Gasteiger partial charge >= 0.3 is 0 Å². The van der Waals surface area contributed by atoms with Crippen molar-refractivity contribution in [3.63, 3.8) is 0 Å². The minimum atomic E-state index is -4.46. The van der Waals surface area contributed by atoms with Crippen LogP contribution in [0.1, 0.15) is 31.4 Å². The van der Waals surface area contributed by atoms with Crippen LogP contribution in [0.5, 0.6) is 11.5 Å². The van der Waals surface area contributed by atoms with Crippen LogP contribution >= 0.6 is 0 Å². The van der Waals surface area contributed by atoms with Crippen molar-refractivity contribution < 1.29 is 36.3 Å². The van der Waals surface area contributed by atoms with Crippen LogP contribution in [-0.4, -0.2) is 57.0 Å². The number of carbonyl (C=O) groups excluding carboxylic acids is 2. The second-order valence-electron chi connectivity index (χ2n) is 11.5. The fourth-order valence-corrected chi connectivity index (χ4v) is 6.66. The van der Waals surface area contributed by atoms with Crippen molar-refractivity contribution in [3.05, 3.63) is 120 Å². The Bertz CT molecular complexity index is 1820. The minimum Gasteiger partial charge on any atom is -0.486 e. The molecule has 0 fully saturated rings. The van der Waals surface area contributed by atoms with Crippen molar-refractivity contribution in [2.24, 2.45) is 0 Å². The van der Waals surface area contributed by atoms with Crippen molar-refractivity contribution in [2.75, 3.05) is 24.1 Å². The van der Waals surface area contributed by atoms with E-state index in [0.717, 1.165) is 22.0 Å². The van der Waals surface area contributed by atoms with E-state index in [4.69, 9.17) is 9.47 Å². The molecule has 0 saturated heterocycles. The summed E-state index contributed by atoms with van der Waals surface area (Å²) in [6.07, 6.45) is 0.767. The van der Waals surface area contributed by atoms with Gasteiger partial charge in [0.1, 0.15) is 37.4 Å². The first kappa shape index (κ1) is 34.4. The van der Waals surface area contributed by atoms with Crippen molar-refractivity contribution in [3.8, 4) is 11.5 Å². The summed E-state index contributed by atoms with van der Waals surface area (Å²) < 4.78 is 68.5. The van der Waals surface area contributed by atoms with E-state index in [1.165, 1.54) is 59.5 Å². The first-order valence-corrected chi connectivity index (χ1v) is 17.1. The van der Waals surface area contributed by atoms with Gasteiger partial charge in [-0.05, 0) is 73.0 Å². The van der Waals surface area contributed by atoms with Gasteiger partial charge in [-0.1, -0.05) is 49.4 Å². The molecule has 0 unspecified atom stereocenters. The highest BCUT2D eigenvalue weighted by Crippen LogP contribution is 2.34. The zero-order valence-corrected chi connectivity index (χ0v) is 27.5. The number of hydrogen-bond acceptors (Lipinski definition) is 6. The molecule has 1 N–H and O–H groups in total. The molecular formula is C36H37F2N3O6S. The molecule has 0 bridgehead atoms. The maximum absolute atomic E-state index is 14.5. The number of hydrogen-bond donors (Lipinski definition) is 1. The van der Waals surface area contributed by atoms with E-state index in [-0.39, 0.29) is 41.9 Å². The summed E-state index contributed by atoms with van der Waals surface area (Å²) in [6, 6.07) is 22.3. The van der Waals surface area contributed by atoms with Crippen LogP contribution in [0.25, 0.3) is 0 Å². The second-order valence-corrected chi connectivity index (χ2v) is 13.3. The molecule has 0 aromatic heterocycles. The van der Waals surface area contributed by atoms with Crippen molar-refractivity contribution in [1.82, 2.24) is 10.2 Å². The monoisotopic (exact) mass is 677 g/mol. The molecule has 2 atom stereocenters. The molecule has 1 heterocycles. The Morgan fingerprint density at radius 2 is 1.46 bits per heavy atom. The molecule has 9 nitrogen and oxygen atoms in total. The van der Waals surface area contributed by atoms with E-state index in [9.17, 15) is 26.8 Å². The number of nitrogens with one attached hydrogen (secondary N) is 1. The lowest BCUT2D eigenvalue weighted by Crippen LogP contribution is -2.54. The fourth-order valence-electron chi connectivity index (χ4n) is 5.23. The number of rotatable bonds is 13. The SMILES string of the molecule is CC[C@@H](C)NC(=O)[C@@H](Cc1ccccc1)N(Cc1ccc(F)cc1)C(=O)CN(c1ccc(F)cc1)S(=O)(=O)c1ccc2c(c1)OCCO2. The predicted molar refractivity (Wildman–Crippen MR) is 177 cm³/mol. The fraction of sp³-hybridized carbons (Fsp3) is 0.278. The van der Waals surface area contributed by atoms with Crippen LogP contribution < -0.4 is 19.1 Å². The van der Waals surface area contributed by atoms with Crippen molar-refractivity contribution in [1.29, 1.82) is 0 Å². The lowest BCUT2D eigenvalue weighted by molar-refractivity contribution is -0.140. The van der Waals surface area contributed by atoms with E-state index in [1.807, 2.05) is 44.2 Å². The van der Waals surface area contributed by atoms with Gasteiger partial charge in [-0.2, -0.15) is 0 Å². The summed E-state index contributed by atoms with van der Waals surface area (Å²) in [6.45, 7) is 3.46. The third-order valence-electron chi connectivity index (χ3n) is 8.03. The van der Waals surface area contributed by atoms with Crippen molar-refractivity contribution in [2.45, 2.75) is 50.2 Å². The molecule has 5 rings (SSSR count). The Kier molecular flexibility index (Phi) is 10.9. The smallest absolute Gasteiger partial charge is 0.264 e. The molecule has 4 aromatic carbocycles. The molecule has 1 aliphatic heterocycles. The Balaban J connectivity index is 1.57. The third kappa shape index (κ3) is 8.29. The predicted octanol–water partition coefficient (Wildman–Crippen LogP) is 5.49. The average Bonchev–Trinajstić information content (AvgIpc) is 3.10. The van der Waals surface area contributed by atoms with Gasteiger partial charge in [0.25, 0.3) is 10.0 Å². The summed E-state index contributed by atoms with van der Waals surface area (Å²) in [7, 11) is -4.46. The first-order valence-electron chi connectivity index (χ1n) is 15.6. The maximum atomic E-state index is 14.5. The Labute approximate surface area is 279 Å². The van der Waals surface area contributed by atoms with Crippen LogP contribution in [0.4, 0.5) is 14.5 Å². The number of sulfonamides is 1. The van der Waals surface area contributed by atoms with E-state index < -0.39 is 46.1 Å². The molecule has 12 heteroatoms. The maximum Gasteiger partial charge on any atom is 0.264 e. The first-order chi connectivity index (χ1) is 23.0. The highest BCUT2D eigenvalue weighted by atomic mass is 32.2. The number of amides is 2. The Morgan fingerprint density at radius 3 is 2.10 bits per heavy atom. The van der Waals surface area contributed by atoms with Gasteiger partial charge in [-0.3, -0.25) is 13.9 Å². The topological polar surface area (TPSA) is 105 Å². The quantitative estimate of drug-likeness (QED) is 0.201. The van der Waals surface area contributed by atoms with Crippen LogP contribution in [0.3, 0.4) is 0 Å². The standard InChI is InChI=1S/C36H37F2N3O6S/c1-3-25(2)39-36(43)32(21-26-7-5-4-6-8-26)40(23-27-9-11-28(37)12-10-27)35(42)24-41(30-15-13-29(38)14-16-30)48(44,45)31-17-18-33-34(22-31)47-20-19-46-33/h4-18,22,25,32H,3,19-21,23-24H2,1-2H3,(H,39,43)/t25-,32-/m1/s1. The summed E-state index contributed by atoms with van der Waals surface area (Å²) in [5.41, 5.74) is 1.34. The third-order valence-corrected chi connectivity index (χ3v) is 9.80. The van der Waals surface area contributed by atoms with Crippen LogP contribution in [0, 0.1) is 11.6 Å². The Hall–Kier alpha value is -4.97. The van der Waals surface area contributed by atoms with Gasteiger partial charge in [-0.15, -0.1) is 0 Å². The number of fused-ring (bicyclic) bond motifs is 1. The molecule has 0 radical (unpaired) electrons. The molecule has 2 amide bonds. The minimum absolute atomic E-state index is 0.0324. The van der Waals surface area contributed by atoms with Gasteiger partial charge in [0.15, 0.2) is 11.5 Å². The molecule has 4 aromatic rings. The average molecular weight is 678 g/mol. The zero-order valence-electron chi connectivity index (χ0n) is 26.6. The van der Waals surface area contributed by atoms with Gasteiger partial charge in [0.05, 0.1) is 10.6 Å². The molecule has 252 valence electrons. The van der Waals surface area contributed by atoms with E-state index in [2.05, 4.69) is 5.32 Å². The van der Waals surface area contributed by atoms with Gasteiger partial charge in [-0.25, -0.2) is 17.2 Å². The summed E-state index contributed by atoms with van der Waals surface area (Å²) >= 11 is 0. The number of nitrogens with zero attached hydrogens (tertiary/aromatic N) is 2. The van der Waals surface area contributed by atoms with E-state index in [0.29, 0.717) is 24.3 Å². The molecule has 0 saturated carbocycles. The molecule has 0 spiro atoms. The number of halogens is 2. The van der Waals surface area contributed by atoms with Crippen LogP contribution in [-0.2, 0) is 32.6 Å². The molecule has 0 aliphatic carbocycles. The van der Waals surface area contributed by atoms with Gasteiger partial charge < -0.3 is 19.7 Å². The number of benzene rings is 4. The van der Waals surface area contributed by atoms with E-state index in [1.54, 1.807) is 0 Å². The number of anilines is 1. The lowest BCUT2D eigenvalue weighted by atomic mass is 10.0. The lowest BCUT2D eigenvalue weighted by Gasteiger charge is -2.34. The number of carbonyl (C=O) groups is 2. The molecule has 48 heavy (non-hydrogen) atoms. The molecule has 1 aliphatic rings. The van der Waals surface area contributed by atoms with E-state index >= 15 is 0 Å². The van der Waals surface area contributed by atoms with Crippen molar-refractivity contribution >= 4 is 27.5 Å². The Morgan fingerprint density at radius 1 is 0.833 bits per heavy atom. The highest BCUT2D eigenvalue weighted by Gasteiger charge is 2.35. The molecular weight excluding hydrogens is 640 g/mol. The second kappa shape index (κ2) is 15.3. The zero-order chi connectivity index (χ0) is 34.3. The van der Waals surface area contributed by atoms with Crippen LogP contribution in [0.2, 0.25) is 0 Å².